The van der Waals surface area contributed by atoms with Crippen molar-refractivity contribution in [3.8, 4) is 0 Å². The first-order valence-electron chi connectivity index (χ1n) is 6.04. The molecule has 0 fully saturated rings. The van der Waals surface area contributed by atoms with E-state index in [4.69, 9.17) is 0 Å². The number of nitrogens with one attached hydrogen (secondary N) is 1. The highest BCUT2D eigenvalue weighted by Crippen LogP contribution is 2.14. The van der Waals surface area contributed by atoms with Crippen LogP contribution in [-0.4, -0.2) is 9.78 Å². The van der Waals surface area contributed by atoms with Gasteiger partial charge in [-0.25, -0.2) is 4.39 Å². The van der Waals surface area contributed by atoms with Crippen molar-refractivity contribution >= 4 is 0 Å². The molecule has 1 aromatic heterocycles. The maximum Gasteiger partial charge on any atom is 0.123 e. The summed E-state index contributed by atoms with van der Waals surface area (Å²) in [5.74, 6) is -0.200. The number of hydrogen-bond acceptors (Lipinski definition) is 2. The predicted octanol–water partition coefficient (Wildman–Crippen LogP) is 2.72. The number of aromatic nitrogens is 2. The largest absolute Gasteiger partial charge is 0.306 e. The molecule has 0 aliphatic rings. The van der Waals surface area contributed by atoms with Crippen LogP contribution in [0.5, 0.6) is 0 Å². The van der Waals surface area contributed by atoms with Gasteiger partial charge in [0.15, 0.2) is 0 Å². The lowest BCUT2D eigenvalue weighted by atomic mass is 10.1. The van der Waals surface area contributed by atoms with Crippen molar-refractivity contribution < 1.29 is 4.39 Å². The molecule has 1 heterocycles. The van der Waals surface area contributed by atoms with Crippen molar-refractivity contribution in [2.24, 2.45) is 7.05 Å². The third-order valence-corrected chi connectivity index (χ3v) is 3.08. The topological polar surface area (TPSA) is 29.9 Å². The quantitative estimate of drug-likeness (QED) is 0.900. The molecule has 2 rings (SSSR count). The zero-order valence-corrected chi connectivity index (χ0v) is 10.9. The molecule has 0 radical (unpaired) electrons. The van der Waals surface area contributed by atoms with E-state index >= 15 is 0 Å². The minimum atomic E-state index is -0.200. The minimum absolute atomic E-state index is 0.185. The average Bonchev–Trinajstić information content (AvgIpc) is 2.66. The van der Waals surface area contributed by atoms with Crippen LogP contribution in [0.2, 0.25) is 0 Å². The summed E-state index contributed by atoms with van der Waals surface area (Å²) in [6.45, 7) is 4.83. The molecule has 0 saturated carbocycles. The summed E-state index contributed by atoms with van der Waals surface area (Å²) in [5.41, 5.74) is 3.31. The van der Waals surface area contributed by atoms with Crippen molar-refractivity contribution in [2.45, 2.75) is 26.4 Å². The van der Waals surface area contributed by atoms with E-state index in [1.54, 1.807) is 0 Å². The molecule has 0 unspecified atom stereocenters. The summed E-state index contributed by atoms with van der Waals surface area (Å²) in [6.07, 6.45) is 2.01. The zero-order chi connectivity index (χ0) is 13.1. The molecule has 0 aliphatic carbocycles. The summed E-state index contributed by atoms with van der Waals surface area (Å²) in [5, 5.41) is 7.71. The first-order valence-corrected chi connectivity index (χ1v) is 6.04. The van der Waals surface area contributed by atoms with E-state index in [-0.39, 0.29) is 11.9 Å². The van der Waals surface area contributed by atoms with Gasteiger partial charge in [-0.3, -0.25) is 4.68 Å². The van der Waals surface area contributed by atoms with Crippen LogP contribution in [0.4, 0.5) is 4.39 Å². The Labute approximate surface area is 107 Å². The smallest absolute Gasteiger partial charge is 0.123 e. The van der Waals surface area contributed by atoms with Gasteiger partial charge in [-0.2, -0.15) is 5.10 Å². The number of nitrogens with zero attached hydrogens (tertiary/aromatic N) is 2. The lowest BCUT2D eigenvalue weighted by Crippen LogP contribution is -2.18. The number of rotatable bonds is 4. The third-order valence-electron chi connectivity index (χ3n) is 3.08. The van der Waals surface area contributed by atoms with Crippen LogP contribution in [0.25, 0.3) is 0 Å². The molecule has 96 valence electrons. The van der Waals surface area contributed by atoms with Crippen LogP contribution < -0.4 is 5.32 Å². The number of hydrogen-bond donors (Lipinski definition) is 1. The Morgan fingerprint density at radius 1 is 1.33 bits per heavy atom. The van der Waals surface area contributed by atoms with Crippen LogP contribution in [0.3, 0.4) is 0 Å². The van der Waals surface area contributed by atoms with Gasteiger partial charge in [0.05, 0.1) is 5.69 Å². The first kappa shape index (κ1) is 12.8. The number of benzene rings is 1. The second-order valence-corrected chi connectivity index (χ2v) is 4.57. The molecular formula is C14H18FN3. The van der Waals surface area contributed by atoms with Gasteiger partial charge in [-0.1, -0.05) is 12.1 Å². The third kappa shape index (κ3) is 2.96. The van der Waals surface area contributed by atoms with Crippen molar-refractivity contribution in [2.75, 3.05) is 0 Å². The molecule has 18 heavy (non-hydrogen) atoms. The van der Waals surface area contributed by atoms with Crippen molar-refractivity contribution in [1.29, 1.82) is 0 Å². The van der Waals surface area contributed by atoms with Gasteiger partial charge < -0.3 is 5.32 Å². The average molecular weight is 247 g/mol. The maximum absolute atomic E-state index is 12.8. The van der Waals surface area contributed by atoms with E-state index in [0.29, 0.717) is 0 Å². The van der Waals surface area contributed by atoms with E-state index in [9.17, 15) is 4.39 Å². The summed E-state index contributed by atoms with van der Waals surface area (Å²) >= 11 is 0. The molecule has 1 N–H and O–H groups in total. The molecule has 1 atom stereocenters. The number of aryl methyl sites for hydroxylation is 2. The fourth-order valence-electron chi connectivity index (χ4n) is 1.95. The molecule has 0 spiro atoms. The van der Waals surface area contributed by atoms with Gasteiger partial charge >= 0.3 is 0 Å². The van der Waals surface area contributed by atoms with Crippen LogP contribution in [0.1, 0.15) is 29.8 Å². The van der Waals surface area contributed by atoms with Gasteiger partial charge in [0.1, 0.15) is 5.82 Å². The van der Waals surface area contributed by atoms with E-state index in [0.717, 1.165) is 17.8 Å². The fraction of sp³-hybridized carbons (Fsp3) is 0.357. The first-order chi connectivity index (χ1) is 8.56. The Kier molecular flexibility index (Phi) is 3.77. The Morgan fingerprint density at radius 3 is 2.56 bits per heavy atom. The highest BCUT2D eigenvalue weighted by atomic mass is 19.1. The van der Waals surface area contributed by atoms with E-state index in [1.807, 2.05) is 37.0 Å². The highest BCUT2D eigenvalue weighted by molar-refractivity contribution is 5.20. The van der Waals surface area contributed by atoms with Gasteiger partial charge in [0, 0.05) is 31.4 Å². The van der Waals surface area contributed by atoms with E-state index < -0.39 is 0 Å². The molecule has 0 saturated heterocycles. The lowest BCUT2D eigenvalue weighted by Gasteiger charge is -2.13. The molecule has 1 aromatic carbocycles. The van der Waals surface area contributed by atoms with Gasteiger partial charge in [-0.05, 0) is 31.5 Å². The number of halogens is 1. The molecule has 2 aromatic rings. The Morgan fingerprint density at radius 2 is 2.00 bits per heavy atom. The van der Waals surface area contributed by atoms with E-state index in [2.05, 4.69) is 17.3 Å². The standard InChI is InChI=1S/C14H18FN3/c1-10(12-4-6-14(15)7-5-12)16-8-13-9-18(3)17-11(13)2/h4-7,9-10,16H,8H2,1-3H3/t10-/m1/s1. The second-order valence-electron chi connectivity index (χ2n) is 4.57. The van der Waals surface area contributed by atoms with Crippen LogP contribution in [0, 0.1) is 12.7 Å². The van der Waals surface area contributed by atoms with Crippen LogP contribution in [0.15, 0.2) is 30.5 Å². The SMILES string of the molecule is Cc1nn(C)cc1CN[C@H](C)c1ccc(F)cc1. The predicted molar refractivity (Wildman–Crippen MR) is 69.6 cm³/mol. The Hall–Kier alpha value is -1.68. The van der Waals surface area contributed by atoms with Crippen LogP contribution >= 0.6 is 0 Å². The monoisotopic (exact) mass is 247 g/mol. The van der Waals surface area contributed by atoms with Crippen molar-refractivity contribution in [3.05, 3.63) is 53.1 Å². The van der Waals surface area contributed by atoms with Gasteiger partial charge in [0.2, 0.25) is 0 Å². The van der Waals surface area contributed by atoms with Crippen molar-refractivity contribution in [1.82, 2.24) is 15.1 Å². The summed E-state index contributed by atoms with van der Waals surface area (Å²) < 4.78 is 14.6. The summed E-state index contributed by atoms with van der Waals surface area (Å²) in [4.78, 5) is 0. The molecule has 0 aliphatic heterocycles. The maximum atomic E-state index is 12.8. The fourth-order valence-corrected chi connectivity index (χ4v) is 1.95. The summed E-state index contributed by atoms with van der Waals surface area (Å²) in [6, 6.07) is 6.78. The molecule has 4 heteroatoms. The normalized spacial score (nSPS) is 12.7. The lowest BCUT2D eigenvalue weighted by molar-refractivity contribution is 0.570. The van der Waals surface area contributed by atoms with Crippen LogP contribution in [-0.2, 0) is 13.6 Å². The molecular weight excluding hydrogens is 229 g/mol. The second kappa shape index (κ2) is 5.31. The molecule has 0 amide bonds. The van der Waals surface area contributed by atoms with E-state index in [1.165, 1.54) is 17.7 Å². The molecule has 0 bridgehead atoms. The minimum Gasteiger partial charge on any atom is -0.306 e. The van der Waals surface area contributed by atoms with Gasteiger partial charge in [0.25, 0.3) is 0 Å². The van der Waals surface area contributed by atoms with Crippen molar-refractivity contribution in [3.63, 3.8) is 0 Å². The van der Waals surface area contributed by atoms with Gasteiger partial charge in [-0.15, -0.1) is 0 Å². The summed E-state index contributed by atoms with van der Waals surface area (Å²) in [7, 11) is 1.92. The molecule has 3 nitrogen and oxygen atoms in total. The zero-order valence-electron chi connectivity index (χ0n) is 10.9. The Bertz CT molecular complexity index is 516. The Balaban J connectivity index is 1.98. The highest BCUT2D eigenvalue weighted by Gasteiger charge is 2.07.